The molecule has 0 saturated heterocycles. The smallest absolute Gasteiger partial charge is 0.415 e. The molecule has 0 spiro atoms. The first-order chi connectivity index (χ1) is 23.9. The van der Waals surface area contributed by atoms with Crippen molar-refractivity contribution < 1.29 is 57.2 Å². The van der Waals surface area contributed by atoms with Gasteiger partial charge in [0, 0.05) is 19.0 Å². The van der Waals surface area contributed by atoms with Gasteiger partial charge in [0.2, 0.25) is 0 Å². The lowest BCUT2D eigenvalue weighted by molar-refractivity contribution is -0.150. The Morgan fingerprint density at radius 2 is 1.29 bits per heavy atom. The first kappa shape index (κ1) is 41.8. The normalized spacial score (nSPS) is 14.4. The minimum Gasteiger partial charge on any atom is -0.469 e. The molecule has 0 fully saturated rings. The molecule has 1 aliphatic rings. The molecule has 1 N–H and O–H groups in total. The average molecular weight is 713 g/mol. The Bertz CT molecular complexity index is 1510. The van der Waals surface area contributed by atoms with E-state index in [1.54, 1.807) is 41.5 Å². The second kappa shape index (κ2) is 19.7. The lowest BCUT2D eigenvalue weighted by Gasteiger charge is -2.26. The molecule has 1 heterocycles. The predicted molar refractivity (Wildman–Crippen MR) is 183 cm³/mol. The minimum absolute atomic E-state index is 0.0134. The van der Waals surface area contributed by atoms with Gasteiger partial charge in [0.15, 0.2) is 0 Å². The topological polar surface area (TPSA) is 173 Å². The van der Waals surface area contributed by atoms with Gasteiger partial charge in [0.1, 0.15) is 36.5 Å². The number of ether oxygens (including phenoxy) is 6. The number of hydrogen-bond acceptors (Lipinski definition) is 12. The monoisotopic (exact) mass is 712 g/mol. The molecule has 2 atom stereocenters. The van der Waals surface area contributed by atoms with Gasteiger partial charge in [-0.25, -0.2) is 24.0 Å². The maximum Gasteiger partial charge on any atom is 0.415 e. The molecular weight excluding hydrogens is 664 g/mol. The number of rotatable bonds is 11. The number of carbonyl (C=O) groups is 6. The van der Waals surface area contributed by atoms with Gasteiger partial charge in [0.05, 0.1) is 19.8 Å². The number of hydrogen-bond donors (Lipinski definition) is 1. The van der Waals surface area contributed by atoms with Crippen molar-refractivity contribution in [2.24, 2.45) is 0 Å². The van der Waals surface area contributed by atoms with Crippen LogP contribution in [-0.4, -0.2) is 78.5 Å². The number of nitrogens with one attached hydrogen (secondary N) is 1. The third kappa shape index (κ3) is 15.8. The van der Waals surface area contributed by atoms with E-state index in [2.05, 4.69) is 14.8 Å². The summed E-state index contributed by atoms with van der Waals surface area (Å²) >= 11 is 0. The first-order valence-corrected chi connectivity index (χ1v) is 16.2. The van der Waals surface area contributed by atoms with Crippen molar-refractivity contribution in [1.82, 2.24) is 10.2 Å². The number of benzene rings is 2. The summed E-state index contributed by atoms with van der Waals surface area (Å²) in [7, 11) is 2.49. The van der Waals surface area contributed by atoms with Gasteiger partial charge in [-0.05, 0) is 59.1 Å². The summed E-state index contributed by atoms with van der Waals surface area (Å²) in [5, 5.41) is 2.45. The quantitative estimate of drug-likeness (QED) is 0.233. The highest BCUT2D eigenvalue weighted by Crippen LogP contribution is 2.26. The third-order valence-electron chi connectivity index (χ3n) is 6.66. The fourth-order valence-electron chi connectivity index (χ4n) is 4.29. The van der Waals surface area contributed by atoms with Crippen LogP contribution in [0, 0.1) is 0 Å². The lowest BCUT2D eigenvalue weighted by Crippen LogP contribution is -2.44. The van der Waals surface area contributed by atoms with Gasteiger partial charge < -0.3 is 33.7 Å². The van der Waals surface area contributed by atoms with Crippen molar-refractivity contribution in [1.29, 1.82) is 0 Å². The summed E-state index contributed by atoms with van der Waals surface area (Å²) in [4.78, 5) is 73.3. The zero-order valence-electron chi connectivity index (χ0n) is 30.4. The summed E-state index contributed by atoms with van der Waals surface area (Å²) in [5.74, 6) is -2.34. The summed E-state index contributed by atoms with van der Waals surface area (Å²) in [6, 6.07) is 16.4. The predicted octanol–water partition coefficient (Wildman–Crippen LogP) is 5.37. The van der Waals surface area contributed by atoms with E-state index in [1.165, 1.54) is 20.4 Å². The van der Waals surface area contributed by atoms with E-state index in [0.29, 0.717) is 0 Å². The van der Waals surface area contributed by atoms with Crippen molar-refractivity contribution in [3.63, 3.8) is 0 Å². The third-order valence-corrected chi connectivity index (χ3v) is 6.66. The van der Waals surface area contributed by atoms with Crippen LogP contribution in [-0.2, 0) is 60.8 Å². The second-order valence-corrected chi connectivity index (χ2v) is 13.3. The van der Waals surface area contributed by atoms with Crippen molar-refractivity contribution in [3.05, 3.63) is 83.6 Å². The van der Waals surface area contributed by atoms with Crippen LogP contribution < -0.4 is 5.32 Å². The first-order valence-electron chi connectivity index (χ1n) is 16.2. The molecule has 0 bridgehead atoms. The van der Waals surface area contributed by atoms with E-state index in [4.69, 9.17) is 18.9 Å². The fourth-order valence-corrected chi connectivity index (χ4v) is 4.29. The highest BCUT2D eigenvalue weighted by atomic mass is 16.6. The number of carbonyl (C=O) groups excluding carboxylic acids is 6. The summed E-state index contributed by atoms with van der Waals surface area (Å²) in [6.45, 7) is 10.4. The van der Waals surface area contributed by atoms with Gasteiger partial charge in [-0.2, -0.15) is 0 Å². The summed E-state index contributed by atoms with van der Waals surface area (Å²) in [6.07, 6.45) is -0.151. The highest BCUT2D eigenvalue weighted by molar-refractivity contribution is 5.93. The minimum atomic E-state index is -1.00. The molecule has 3 rings (SSSR count). The zero-order chi connectivity index (χ0) is 38.2. The number of methoxy groups -OCH3 is 2. The van der Waals surface area contributed by atoms with E-state index in [1.807, 2.05) is 60.7 Å². The lowest BCUT2D eigenvalue weighted by atomic mass is 10.1. The highest BCUT2D eigenvalue weighted by Gasteiger charge is 2.40. The molecule has 278 valence electrons. The SMILES string of the molecule is COC(=O)C1=CN(C(=O)OC(C)(C)C)[C@H](C(=O)OCc2ccccc2)C1.COC(=O)CC[C@H](NC(=O)OC(C)(C)C)C(=O)OCc1ccccc1. The van der Waals surface area contributed by atoms with Gasteiger partial charge in [-0.3, -0.25) is 9.69 Å². The number of alkyl carbamates (subject to hydrolysis) is 1. The summed E-state index contributed by atoms with van der Waals surface area (Å²) in [5.41, 5.74) is 0.409. The molecular formula is C37H48N2O12. The van der Waals surface area contributed by atoms with E-state index in [0.717, 1.165) is 16.0 Å². The molecule has 2 amide bonds. The molecule has 0 aromatic heterocycles. The Morgan fingerprint density at radius 3 is 1.78 bits per heavy atom. The van der Waals surface area contributed by atoms with Crippen LogP contribution in [0.1, 0.15) is 71.9 Å². The van der Waals surface area contributed by atoms with Gasteiger partial charge >= 0.3 is 36.1 Å². The van der Waals surface area contributed by atoms with E-state index in [9.17, 15) is 28.8 Å². The molecule has 2 aromatic carbocycles. The maximum atomic E-state index is 12.5. The number of esters is 4. The van der Waals surface area contributed by atoms with Crippen LogP contribution in [0.5, 0.6) is 0 Å². The van der Waals surface area contributed by atoms with Crippen LogP contribution in [0.4, 0.5) is 9.59 Å². The Labute approximate surface area is 298 Å². The molecule has 0 saturated carbocycles. The van der Waals surface area contributed by atoms with E-state index < -0.39 is 59.3 Å². The van der Waals surface area contributed by atoms with Crippen molar-refractivity contribution in [3.8, 4) is 0 Å². The molecule has 51 heavy (non-hydrogen) atoms. The van der Waals surface area contributed by atoms with E-state index >= 15 is 0 Å². The molecule has 14 nitrogen and oxygen atoms in total. The molecule has 0 radical (unpaired) electrons. The van der Waals surface area contributed by atoms with Crippen molar-refractivity contribution in [2.75, 3.05) is 14.2 Å². The fraction of sp³-hybridized carbons (Fsp3) is 0.459. The molecule has 2 aromatic rings. The Hall–Kier alpha value is -5.40. The van der Waals surface area contributed by atoms with Crippen LogP contribution >= 0.6 is 0 Å². The van der Waals surface area contributed by atoms with Crippen LogP contribution in [0.3, 0.4) is 0 Å². The molecule has 14 heteroatoms. The Kier molecular flexibility index (Phi) is 16.1. The van der Waals surface area contributed by atoms with Gasteiger partial charge in [0.25, 0.3) is 0 Å². The van der Waals surface area contributed by atoms with Gasteiger partial charge in [-0.1, -0.05) is 60.7 Å². The zero-order valence-corrected chi connectivity index (χ0v) is 30.4. The van der Waals surface area contributed by atoms with Crippen molar-refractivity contribution in [2.45, 2.75) is 97.3 Å². The molecule has 0 unspecified atom stereocenters. The Balaban J connectivity index is 0.000000354. The van der Waals surface area contributed by atoms with Gasteiger partial charge in [-0.15, -0.1) is 0 Å². The summed E-state index contributed by atoms with van der Waals surface area (Å²) < 4.78 is 30.2. The standard InChI is InChI=1S/C19H23NO6.C18H25NO6/c1-19(2,3)26-18(23)20-11-14(16(21)24-4)10-15(20)17(22)25-12-13-8-6-5-7-9-13;1-18(2,3)25-17(22)19-14(10-11-15(20)23-4)16(21)24-12-13-8-6-5-7-9-13/h5-9,11,15H,10,12H2,1-4H3;5-9,14H,10-12H2,1-4H3,(H,19,22)/t15-;14-/m00/s1. The van der Waals surface area contributed by atoms with Crippen LogP contribution in [0.15, 0.2) is 72.4 Å². The average Bonchev–Trinajstić information content (AvgIpc) is 3.53. The second-order valence-electron chi connectivity index (χ2n) is 13.3. The van der Waals surface area contributed by atoms with Crippen LogP contribution in [0.25, 0.3) is 0 Å². The van der Waals surface area contributed by atoms with E-state index in [-0.39, 0.29) is 38.0 Å². The maximum absolute atomic E-state index is 12.5. The molecule has 0 aliphatic carbocycles. The van der Waals surface area contributed by atoms with Crippen molar-refractivity contribution >= 4 is 36.1 Å². The molecule has 1 aliphatic heterocycles. The number of amides is 2. The number of nitrogens with zero attached hydrogens (tertiary/aromatic N) is 1. The van der Waals surface area contributed by atoms with Crippen LogP contribution in [0.2, 0.25) is 0 Å². The Morgan fingerprint density at radius 1 is 0.765 bits per heavy atom. The largest absolute Gasteiger partial charge is 0.469 e.